The number of nitrogens with one attached hydrogen (secondary N) is 1. The Bertz CT molecular complexity index is 2310. The van der Waals surface area contributed by atoms with E-state index in [1.807, 2.05) is 43.3 Å². The van der Waals surface area contributed by atoms with Gasteiger partial charge in [-0.25, -0.2) is 19.5 Å². The standard InChI is InChI=1S/C31H19N7O4/c1-16-7-8-18-10-12-21-24(17-5-3-2-4-6-17)25-30-35-29(36-37(30)15-33-31(25)42-27(21)26(18)34-16)22-13-19-9-11-20(38(39)40)14-23(19)41-28(22)32/h2-15,24,32H,1H3. The van der Waals surface area contributed by atoms with E-state index >= 15 is 0 Å². The van der Waals surface area contributed by atoms with Crippen LogP contribution in [0, 0.1) is 22.4 Å². The van der Waals surface area contributed by atoms with Crippen molar-refractivity contribution in [3.8, 4) is 23.0 Å². The average Bonchev–Trinajstić information content (AvgIpc) is 3.44. The Labute approximate surface area is 236 Å². The molecule has 1 unspecified atom stereocenters. The maximum absolute atomic E-state index is 11.2. The lowest BCUT2D eigenvalue weighted by Gasteiger charge is -2.28. The van der Waals surface area contributed by atoms with Gasteiger partial charge in [0.2, 0.25) is 11.4 Å². The molecule has 11 nitrogen and oxygen atoms in total. The van der Waals surface area contributed by atoms with Crippen LogP contribution in [-0.4, -0.2) is 29.5 Å². The summed E-state index contributed by atoms with van der Waals surface area (Å²) in [7, 11) is 0. The predicted octanol–water partition coefficient (Wildman–Crippen LogP) is 6.07. The number of rotatable bonds is 3. The molecule has 0 radical (unpaired) electrons. The summed E-state index contributed by atoms with van der Waals surface area (Å²) in [5.74, 6) is 1.04. The molecule has 1 atom stereocenters. The van der Waals surface area contributed by atoms with Crippen molar-refractivity contribution in [3.63, 3.8) is 0 Å². The molecule has 0 aliphatic carbocycles. The van der Waals surface area contributed by atoms with Crippen LogP contribution in [0.3, 0.4) is 0 Å². The highest BCUT2D eigenvalue weighted by Crippen LogP contribution is 2.49. The van der Waals surface area contributed by atoms with Crippen molar-refractivity contribution < 1.29 is 14.1 Å². The second-order valence-corrected chi connectivity index (χ2v) is 10.1. The number of hydrogen-bond acceptors (Lipinski definition) is 9. The van der Waals surface area contributed by atoms with Crippen molar-refractivity contribution in [2.75, 3.05) is 0 Å². The van der Waals surface area contributed by atoms with E-state index in [1.165, 1.54) is 18.5 Å². The zero-order valence-corrected chi connectivity index (χ0v) is 22.0. The van der Waals surface area contributed by atoms with Crippen LogP contribution < -0.4 is 10.3 Å². The number of nitro benzene ring substituents is 1. The normalized spacial score (nSPS) is 14.1. The van der Waals surface area contributed by atoms with E-state index in [-0.39, 0.29) is 28.6 Å². The number of pyridine rings is 1. The molecule has 7 aromatic rings. The molecule has 0 fully saturated rings. The highest BCUT2D eigenvalue weighted by atomic mass is 16.6. The van der Waals surface area contributed by atoms with Crippen molar-refractivity contribution >= 4 is 33.2 Å². The smallest absolute Gasteiger partial charge is 0.273 e. The van der Waals surface area contributed by atoms with Gasteiger partial charge in [-0.05, 0) is 30.7 Å². The lowest BCUT2D eigenvalue weighted by Crippen LogP contribution is -2.15. The van der Waals surface area contributed by atoms with Crippen LogP contribution in [0.15, 0.2) is 89.6 Å². The van der Waals surface area contributed by atoms with Gasteiger partial charge in [-0.2, -0.15) is 0 Å². The summed E-state index contributed by atoms with van der Waals surface area (Å²) in [6.45, 7) is 1.95. The molecule has 5 heterocycles. The fourth-order valence-electron chi connectivity index (χ4n) is 5.56. The van der Waals surface area contributed by atoms with E-state index < -0.39 is 4.92 Å². The van der Waals surface area contributed by atoms with Crippen molar-refractivity contribution in [1.29, 1.82) is 5.41 Å². The van der Waals surface area contributed by atoms with Crippen LogP contribution in [0.2, 0.25) is 0 Å². The molecule has 3 aromatic carbocycles. The Kier molecular flexibility index (Phi) is 4.98. The summed E-state index contributed by atoms with van der Waals surface area (Å²) in [4.78, 5) is 25.0. The summed E-state index contributed by atoms with van der Waals surface area (Å²) in [5, 5.41) is 25.9. The monoisotopic (exact) mass is 553 g/mol. The minimum absolute atomic E-state index is 0.118. The molecule has 0 spiro atoms. The van der Waals surface area contributed by atoms with Gasteiger partial charge in [-0.15, -0.1) is 5.10 Å². The molecule has 0 saturated heterocycles. The number of benzene rings is 3. The quantitative estimate of drug-likeness (QED) is 0.205. The van der Waals surface area contributed by atoms with Gasteiger partial charge in [-0.3, -0.25) is 15.5 Å². The molecule has 0 saturated carbocycles. The Morgan fingerprint density at radius 1 is 0.976 bits per heavy atom. The van der Waals surface area contributed by atoms with E-state index in [2.05, 4.69) is 28.3 Å². The van der Waals surface area contributed by atoms with Crippen LogP contribution >= 0.6 is 0 Å². The number of ether oxygens (including phenoxy) is 1. The molecule has 42 heavy (non-hydrogen) atoms. The minimum atomic E-state index is -0.504. The maximum atomic E-state index is 11.2. The molecule has 202 valence electrons. The number of aromatic nitrogens is 5. The zero-order valence-electron chi connectivity index (χ0n) is 22.0. The van der Waals surface area contributed by atoms with Gasteiger partial charge in [0.1, 0.15) is 17.4 Å². The highest BCUT2D eigenvalue weighted by Gasteiger charge is 2.35. The lowest BCUT2D eigenvalue weighted by molar-refractivity contribution is -0.384. The number of hydrogen-bond donors (Lipinski definition) is 1. The zero-order chi connectivity index (χ0) is 28.5. The largest absolute Gasteiger partial charge is 0.438 e. The fourth-order valence-corrected chi connectivity index (χ4v) is 5.56. The van der Waals surface area contributed by atoms with Crippen LogP contribution in [0.5, 0.6) is 11.6 Å². The van der Waals surface area contributed by atoms with E-state index in [0.29, 0.717) is 28.2 Å². The molecular weight excluding hydrogens is 534 g/mol. The van der Waals surface area contributed by atoms with Gasteiger partial charge in [0.15, 0.2) is 17.2 Å². The Hall–Kier alpha value is -5.97. The summed E-state index contributed by atoms with van der Waals surface area (Å²) < 4.78 is 13.7. The summed E-state index contributed by atoms with van der Waals surface area (Å²) in [5.41, 5.74) is 5.10. The minimum Gasteiger partial charge on any atom is -0.438 e. The van der Waals surface area contributed by atoms with Crippen LogP contribution in [0.1, 0.15) is 28.3 Å². The van der Waals surface area contributed by atoms with Gasteiger partial charge >= 0.3 is 0 Å². The Morgan fingerprint density at radius 3 is 2.62 bits per heavy atom. The highest BCUT2D eigenvalue weighted by molar-refractivity contribution is 5.88. The van der Waals surface area contributed by atoms with E-state index in [1.54, 1.807) is 16.6 Å². The Balaban J connectivity index is 1.35. The van der Waals surface area contributed by atoms with E-state index in [0.717, 1.165) is 33.3 Å². The van der Waals surface area contributed by atoms with Crippen LogP contribution in [0.25, 0.3) is 38.9 Å². The average molecular weight is 554 g/mol. The number of nitro groups is 1. The number of non-ortho nitro benzene ring substituents is 1. The molecule has 0 bridgehead atoms. The topological polar surface area (TPSA) is 145 Å². The molecule has 8 rings (SSSR count). The second-order valence-electron chi connectivity index (χ2n) is 10.1. The fraction of sp³-hybridized carbons (Fsp3) is 0.0645. The number of nitrogens with zero attached hydrogens (tertiary/aromatic N) is 6. The van der Waals surface area contributed by atoms with Crippen molar-refractivity contribution in [3.05, 3.63) is 123 Å². The molecular formula is C31H19N7O4. The first-order chi connectivity index (χ1) is 20.4. The van der Waals surface area contributed by atoms with Gasteiger partial charge in [0.05, 0.1) is 22.1 Å². The SMILES string of the molecule is Cc1ccc2ccc3c(c2n1)Oc1ncn2nc(-c4cc5ccc([N+](=O)[O-])cc5oc4=N)nc2c1C3c1ccccc1. The van der Waals surface area contributed by atoms with Crippen molar-refractivity contribution in [2.24, 2.45) is 0 Å². The number of fused-ring (bicyclic) bond motifs is 7. The summed E-state index contributed by atoms with van der Waals surface area (Å²) in [6.07, 6.45) is 1.53. The molecule has 1 aliphatic heterocycles. The Morgan fingerprint density at radius 2 is 1.79 bits per heavy atom. The van der Waals surface area contributed by atoms with Gasteiger partial charge < -0.3 is 9.15 Å². The van der Waals surface area contributed by atoms with Gasteiger partial charge in [0.25, 0.3) is 5.69 Å². The van der Waals surface area contributed by atoms with E-state index in [4.69, 9.17) is 24.5 Å². The maximum Gasteiger partial charge on any atom is 0.273 e. The summed E-state index contributed by atoms with van der Waals surface area (Å²) >= 11 is 0. The first kappa shape index (κ1) is 23.9. The predicted molar refractivity (Wildman–Crippen MR) is 152 cm³/mol. The lowest BCUT2D eigenvalue weighted by atomic mass is 9.83. The third-order valence-corrected chi connectivity index (χ3v) is 7.51. The molecule has 1 N–H and O–H groups in total. The molecule has 1 aliphatic rings. The first-order valence-electron chi connectivity index (χ1n) is 13.1. The van der Waals surface area contributed by atoms with Crippen LogP contribution in [0.4, 0.5) is 5.69 Å². The summed E-state index contributed by atoms with van der Waals surface area (Å²) in [6, 6.07) is 24.1. The van der Waals surface area contributed by atoms with E-state index in [9.17, 15) is 10.1 Å². The second kappa shape index (κ2) is 8.77. The molecule has 0 amide bonds. The van der Waals surface area contributed by atoms with Crippen LogP contribution in [-0.2, 0) is 0 Å². The first-order valence-corrected chi connectivity index (χ1v) is 13.1. The van der Waals surface area contributed by atoms with Gasteiger partial charge in [0, 0.05) is 34.0 Å². The third-order valence-electron chi connectivity index (χ3n) is 7.51. The number of aryl methyl sites for hydroxylation is 1. The molecule has 4 aromatic heterocycles. The van der Waals surface area contributed by atoms with Crippen molar-refractivity contribution in [2.45, 2.75) is 12.8 Å². The van der Waals surface area contributed by atoms with Crippen molar-refractivity contribution in [1.82, 2.24) is 24.6 Å². The third kappa shape index (κ3) is 3.57. The molecule has 11 heteroatoms. The van der Waals surface area contributed by atoms with Gasteiger partial charge in [-0.1, -0.05) is 48.5 Å².